The highest BCUT2D eigenvalue weighted by atomic mass is 79.9. The molecule has 3 rings (SSSR count). The number of halogens is 1. The van der Waals surface area contributed by atoms with Crippen LogP contribution in [0.5, 0.6) is 0 Å². The second-order valence-corrected chi connectivity index (χ2v) is 7.21. The SMILES string of the molecule is CCCCc1nc2cnc3cc(Br)ccc3c2n1CC(C)C. The average Bonchev–Trinajstić information content (AvgIpc) is 2.82. The molecule has 1 aromatic carbocycles. The van der Waals surface area contributed by atoms with Gasteiger partial charge in [0.2, 0.25) is 0 Å². The number of aryl methyl sites for hydroxylation is 1. The van der Waals surface area contributed by atoms with Crippen LogP contribution in [0.2, 0.25) is 0 Å². The number of hydrogen-bond acceptors (Lipinski definition) is 2. The number of aromatic nitrogens is 3. The zero-order valence-corrected chi connectivity index (χ0v) is 15.0. The van der Waals surface area contributed by atoms with Crippen LogP contribution in [0.4, 0.5) is 0 Å². The first kappa shape index (κ1) is 15.5. The van der Waals surface area contributed by atoms with Crippen molar-refractivity contribution >= 4 is 37.9 Å². The van der Waals surface area contributed by atoms with E-state index < -0.39 is 0 Å². The van der Waals surface area contributed by atoms with E-state index in [1.54, 1.807) is 0 Å². The lowest BCUT2D eigenvalue weighted by Crippen LogP contribution is -2.09. The largest absolute Gasteiger partial charge is 0.327 e. The van der Waals surface area contributed by atoms with Crippen LogP contribution in [0.3, 0.4) is 0 Å². The number of fused-ring (bicyclic) bond motifs is 3. The number of rotatable bonds is 5. The van der Waals surface area contributed by atoms with Gasteiger partial charge in [0, 0.05) is 22.8 Å². The normalized spacial score (nSPS) is 11.9. The van der Waals surface area contributed by atoms with E-state index in [-0.39, 0.29) is 0 Å². The topological polar surface area (TPSA) is 30.7 Å². The fraction of sp³-hybridized carbons (Fsp3) is 0.444. The van der Waals surface area contributed by atoms with Gasteiger partial charge in [0.15, 0.2) is 0 Å². The summed E-state index contributed by atoms with van der Waals surface area (Å²) >= 11 is 3.53. The Balaban J connectivity index is 2.26. The molecule has 0 fully saturated rings. The zero-order chi connectivity index (χ0) is 15.7. The molecule has 0 atom stereocenters. The molecule has 116 valence electrons. The van der Waals surface area contributed by atoms with Crippen molar-refractivity contribution in [1.82, 2.24) is 14.5 Å². The van der Waals surface area contributed by atoms with Crippen LogP contribution in [0.25, 0.3) is 21.9 Å². The molecular weight excluding hydrogens is 338 g/mol. The molecule has 4 heteroatoms. The molecule has 3 nitrogen and oxygen atoms in total. The van der Waals surface area contributed by atoms with Gasteiger partial charge in [0.05, 0.1) is 17.2 Å². The smallest absolute Gasteiger partial charge is 0.109 e. The molecule has 3 aromatic rings. The van der Waals surface area contributed by atoms with Crippen LogP contribution >= 0.6 is 15.9 Å². The minimum absolute atomic E-state index is 0.594. The van der Waals surface area contributed by atoms with E-state index >= 15 is 0 Å². The third-order valence-corrected chi connectivity index (χ3v) is 4.41. The van der Waals surface area contributed by atoms with E-state index in [1.807, 2.05) is 6.20 Å². The monoisotopic (exact) mass is 359 g/mol. The van der Waals surface area contributed by atoms with E-state index in [0.29, 0.717) is 5.92 Å². The molecule has 0 radical (unpaired) electrons. The van der Waals surface area contributed by atoms with Crippen molar-refractivity contribution < 1.29 is 0 Å². The second-order valence-electron chi connectivity index (χ2n) is 6.29. The fourth-order valence-corrected chi connectivity index (χ4v) is 3.27. The van der Waals surface area contributed by atoms with Gasteiger partial charge in [-0.1, -0.05) is 43.1 Å². The Morgan fingerprint density at radius 1 is 1.23 bits per heavy atom. The van der Waals surface area contributed by atoms with Crippen molar-refractivity contribution in [3.8, 4) is 0 Å². The van der Waals surface area contributed by atoms with Gasteiger partial charge in [-0.05, 0) is 30.5 Å². The molecule has 22 heavy (non-hydrogen) atoms. The van der Waals surface area contributed by atoms with E-state index in [2.05, 4.69) is 64.5 Å². The Labute approximate surface area is 139 Å². The summed E-state index contributed by atoms with van der Waals surface area (Å²) in [6, 6.07) is 6.31. The van der Waals surface area contributed by atoms with Gasteiger partial charge in [-0.3, -0.25) is 4.98 Å². The van der Waals surface area contributed by atoms with E-state index in [1.165, 1.54) is 29.6 Å². The highest BCUT2D eigenvalue weighted by Gasteiger charge is 2.15. The Morgan fingerprint density at radius 3 is 2.77 bits per heavy atom. The summed E-state index contributed by atoms with van der Waals surface area (Å²) in [5.41, 5.74) is 3.27. The predicted molar refractivity (Wildman–Crippen MR) is 96.2 cm³/mol. The molecule has 0 unspecified atom stereocenters. The van der Waals surface area contributed by atoms with Crippen molar-refractivity contribution in [1.29, 1.82) is 0 Å². The summed E-state index contributed by atoms with van der Waals surface area (Å²) in [5.74, 6) is 1.79. The second kappa shape index (κ2) is 6.37. The third-order valence-electron chi connectivity index (χ3n) is 3.92. The van der Waals surface area contributed by atoms with Crippen molar-refractivity contribution in [2.24, 2.45) is 5.92 Å². The summed E-state index contributed by atoms with van der Waals surface area (Å²) in [7, 11) is 0. The summed E-state index contributed by atoms with van der Waals surface area (Å²) in [5, 5.41) is 1.19. The van der Waals surface area contributed by atoms with Gasteiger partial charge in [0.1, 0.15) is 11.3 Å². The Kier molecular flexibility index (Phi) is 4.48. The third kappa shape index (κ3) is 2.89. The molecule has 0 aliphatic carbocycles. The number of pyridine rings is 1. The number of imidazole rings is 1. The van der Waals surface area contributed by atoms with Crippen LogP contribution in [0.15, 0.2) is 28.9 Å². The van der Waals surface area contributed by atoms with Gasteiger partial charge in [-0.25, -0.2) is 4.98 Å². The van der Waals surface area contributed by atoms with Gasteiger partial charge < -0.3 is 4.57 Å². The standard InChI is InChI=1S/C18H22BrN3/c1-4-5-6-17-21-16-10-20-15-9-13(19)7-8-14(15)18(16)22(17)11-12(2)3/h7-10,12H,4-6,11H2,1-3H3. The average molecular weight is 360 g/mol. The van der Waals surface area contributed by atoms with Crippen molar-refractivity contribution in [2.75, 3.05) is 0 Å². The molecule has 2 heterocycles. The van der Waals surface area contributed by atoms with Crippen LogP contribution in [0, 0.1) is 5.92 Å². The predicted octanol–water partition coefficient (Wildman–Crippen LogP) is 5.35. The van der Waals surface area contributed by atoms with Crippen molar-refractivity contribution in [3.05, 3.63) is 34.7 Å². The molecular formula is C18H22BrN3. The Hall–Kier alpha value is -1.42. The van der Waals surface area contributed by atoms with Gasteiger partial charge >= 0.3 is 0 Å². The van der Waals surface area contributed by atoms with Gasteiger partial charge in [-0.15, -0.1) is 0 Å². The van der Waals surface area contributed by atoms with Crippen LogP contribution < -0.4 is 0 Å². The number of nitrogens with zero attached hydrogens (tertiary/aromatic N) is 3. The Bertz CT molecular complexity index is 805. The summed E-state index contributed by atoms with van der Waals surface area (Å²) < 4.78 is 3.47. The molecule has 0 saturated carbocycles. The maximum Gasteiger partial charge on any atom is 0.109 e. The molecule has 0 saturated heterocycles. The zero-order valence-electron chi connectivity index (χ0n) is 13.4. The molecule has 0 amide bonds. The minimum atomic E-state index is 0.594. The minimum Gasteiger partial charge on any atom is -0.327 e. The molecule has 0 aliphatic rings. The lowest BCUT2D eigenvalue weighted by molar-refractivity contribution is 0.513. The van der Waals surface area contributed by atoms with Gasteiger partial charge in [-0.2, -0.15) is 0 Å². The van der Waals surface area contributed by atoms with Crippen LogP contribution in [0.1, 0.15) is 39.4 Å². The van der Waals surface area contributed by atoms with Crippen molar-refractivity contribution in [2.45, 2.75) is 46.6 Å². The highest BCUT2D eigenvalue weighted by Crippen LogP contribution is 2.28. The fourth-order valence-electron chi connectivity index (χ4n) is 2.92. The van der Waals surface area contributed by atoms with E-state index in [4.69, 9.17) is 4.98 Å². The number of benzene rings is 1. The van der Waals surface area contributed by atoms with E-state index in [0.717, 1.165) is 28.5 Å². The first-order chi connectivity index (χ1) is 10.6. The highest BCUT2D eigenvalue weighted by molar-refractivity contribution is 9.10. The van der Waals surface area contributed by atoms with Crippen LogP contribution in [-0.4, -0.2) is 14.5 Å². The number of unbranched alkanes of at least 4 members (excludes halogenated alkanes) is 1. The number of hydrogen-bond donors (Lipinski definition) is 0. The maximum absolute atomic E-state index is 4.86. The molecule has 0 spiro atoms. The molecule has 2 aromatic heterocycles. The molecule has 0 N–H and O–H groups in total. The summed E-state index contributed by atoms with van der Waals surface area (Å²) in [4.78, 5) is 9.44. The lowest BCUT2D eigenvalue weighted by atomic mass is 10.1. The first-order valence-corrected chi connectivity index (χ1v) is 8.82. The Morgan fingerprint density at radius 2 is 2.05 bits per heavy atom. The maximum atomic E-state index is 4.86. The van der Waals surface area contributed by atoms with Crippen molar-refractivity contribution in [3.63, 3.8) is 0 Å². The van der Waals surface area contributed by atoms with E-state index in [9.17, 15) is 0 Å². The first-order valence-electron chi connectivity index (χ1n) is 8.03. The molecule has 0 aliphatic heterocycles. The summed E-state index contributed by atoms with van der Waals surface area (Å²) in [6.45, 7) is 7.75. The van der Waals surface area contributed by atoms with Crippen LogP contribution in [-0.2, 0) is 13.0 Å². The quantitative estimate of drug-likeness (QED) is 0.614. The summed E-state index contributed by atoms with van der Waals surface area (Å²) in [6.07, 6.45) is 5.32. The molecule has 0 bridgehead atoms. The van der Waals surface area contributed by atoms with Gasteiger partial charge in [0.25, 0.3) is 0 Å². The lowest BCUT2D eigenvalue weighted by Gasteiger charge is -2.12.